The number of carboxylic acids is 1. The Bertz CT molecular complexity index is 252. The second-order valence-corrected chi connectivity index (χ2v) is 5.37. The summed E-state index contributed by atoms with van der Waals surface area (Å²) in [5.74, 6) is 0.833. The van der Waals surface area contributed by atoms with Crippen LogP contribution in [0, 0.1) is 17.3 Å². The summed E-state index contributed by atoms with van der Waals surface area (Å²) in [7, 11) is 0. The molecule has 1 heterocycles. The summed E-state index contributed by atoms with van der Waals surface area (Å²) >= 11 is 0. The van der Waals surface area contributed by atoms with Crippen molar-refractivity contribution in [3.05, 3.63) is 0 Å². The van der Waals surface area contributed by atoms with Crippen LogP contribution < -0.4 is 5.32 Å². The van der Waals surface area contributed by atoms with Crippen molar-refractivity contribution in [3.8, 4) is 0 Å². The molecule has 1 spiro atoms. The Morgan fingerprint density at radius 2 is 2.29 bits per heavy atom. The van der Waals surface area contributed by atoms with Gasteiger partial charge in [0.1, 0.15) is 6.04 Å². The molecule has 3 heteroatoms. The Kier molecular flexibility index (Phi) is 2.30. The molecule has 2 aliphatic rings. The molecule has 14 heavy (non-hydrogen) atoms. The average Bonchev–Trinajstić information content (AvgIpc) is 2.57. The first-order valence-electron chi connectivity index (χ1n) is 5.50. The number of rotatable bonds is 3. The minimum atomic E-state index is -0.683. The lowest BCUT2D eigenvalue weighted by Gasteiger charge is -2.09. The number of hydrogen-bond acceptors (Lipinski definition) is 2. The summed E-state index contributed by atoms with van der Waals surface area (Å²) < 4.78 is 0. The van der Waals surface area contributed by atoms with Gasteiger partial charge in [-0.2, -0.15) is 0 Å². The van der Waals surface area contributed by atoms with E-state index in [1.54, 1.807) is 0 Å². The van der Waals surface area contributed by atoms with Crippen LogP contribution in [0.15, 0.2) is 0 Å². The summed E-state index contributed by atoms with van der Waals surface area (Å²) in [6, 6.07) is -0.285. The molecule has 2 rings (SSSR count). The van der Waals surface area contributed by atoms with E-state index < -0.39 is 5.97 Å². The summed E-state index contributed by atoms with van der Waals surface area (Å²) in [5, 5.41) is 12.0. The normalized spacial score (nSPS) is 40.8. The maximum Gasteiger partial charge on any atom is 0.320 e. The zero-order chi connectivity index (χ0) is 10.3. The van der Waals surface area contributed by atoms with E-state index in [0.717, 1.165) is 24.8 Å². The van der Waals surface area contributed by atoms with Gasteiger partial charge in [-0.1, -0.05) is 13.8 Å². The highest BCUT2D eigenvalue weighted by atomic mass is 16.4. The monoisotopic (exact) mass is 197 g/mol. The van der Waals surface area contributed by atoms with Gasteiger partial charge in [-0.15, -0.1) is 0 Å². The fourth-order valence-electron chi connectivity index (χ4n) is 2.85. The third-order valence-corrected chi connectivity index (χ3v) is 3.72. The van der Waals surface area contributed by atoms with Crippen LogP contribution in [0.4, 0.5) is 0 Å². The Morgan fingerprint density at radius 1 is 1.57 bits per heavy atom. The Labute approximate surface area is 84.9 Å². The molecule has 1 aliphatic carbocycles. The van der Waals surface area contributed by atoms with Crippen molar-refractivity contribution in [2.45, 2.75) is 39.2 Å². The fourth-order valence-corrected chi connectivity index (χ4v) is 2.85. The van der Waals surface area contributed by atoms with Gasteiger partial charge in [0.15, 0.2) is 0 Å². The van der Waals surface area contributed by atoms with Crippen LogP contribution in [0.2, 0.25) is 0 Å². The van der Waals surface area contributed by atoms with Crippen LogP contribution in [-0.2, 0) is 4.79 Å². The van der Waals surface area contributed by atoms with Gasteiger partial charge in [0.05, 0.1) is 0 Å². The molecule has 0 amide bonds. The molecule has 0 aromatic rings. The number of carbonyl (C=O) groups is 1. The third kappa shape index (κ3) is 1.65. The molecule has 0 radical (unpaired) electrons. The van der Waals surface area contributed by atoms with Crippen LogP contribution in [0.25, 0.3) is 0 Å². The summed E-state index contributed by atoms with van der Waals surface area (Å²) in [5.41, 5.74) is 0.354. The van der Waals surface area contributed by atoms with Crippen LogP contribution in [0.3, 0.4) is 0 Å². The second-order valence-electron chi connectivity index (χ2n) is 5.37. The molecule has 2 fully saturated rings. The fraction of sp³-hybridized carbons (Fsp3) is 0.909. The minimum absolute atomic E-state index is 0.285. The van der Waals surface area contributed by atoms with E-state index in [2.05, 4.69) is 19.2 Å². The third-order valence-electron chi connectivity index (χ3n) is 3.72. The van der Waals surface area contributed by atoms with Crippen molar-refractivity contribution < 1.29 is 9.90 Å². The van der Waals surface area contributed by atoms with Gasteiger partial charge < -0.3 is 10.4 Å². The van der Waals surface area contributed by atoms with Crippen molar-refractivity contribution in [3.63, 3.8) is 0 Å². The van der Waals surface area contributed by atoms with E-state index in [-0.39, 0.29) is 6.04 Å². The molecule has 3 nitrogen and oxygen atoms in total. The molecular weight excluding hydrogens is 178 g/mol. The number of aliphatic carboxylic acids is 1. The van der Waals surface area contributed by atoms with Gasteiger partial charge in [0, 0.05) is 6.54 Å². The molecule has 0 aromatic heterocycles. The highest BCUT2D eigenvalue weighted by Gasteiger charge is 2.58. The molecular formula is C11H19NO2. The molecule has 2 N–H and O–H groups in total. The molecule has 0 bridgehead atoms. The number of carboxylic acid groups (broad SMARTS) is 1. The van der Waals surface area contributed by atoms with E-state index in [1.165, 1.54) is 12.8 Å². The van der Waals surface area contributed by atoms with Crippen LogP contribution >= 0.6 is 0 Å². The van der Waals surface area contributed by atoms with Crippen molar-refractivity contribution in [2.24, 2.45) is 17.3 Å². The lowest BCUT2D eigenvalue weighted by atomic mass is 9.95. The molecule has 1 saturated carbocycles. The Balaban J connectivity index is 1.88. The standard InChI is InChI=1S/C11H19NO2/c1-7(2)3-8-4-11(8)5-9(10(13)14)12-6-11/h7-9,12H,3-6H2,1-2H3,(H,13,14)/t8?,9-,11+/m0/s1. The quantitative estimate of drug-likeness (QED) is 0.720. The van der Waals surface area contributed by atoms with Gasteiger partial charge in [-0.05, 0) is 36.5 Å². The first kappa shape index (κ1) is 9.97. The lowest BCUT2D eigenvalue weighted by molar-refractivity contribution is -0.139. The van der Waals surface area contributed by atoms with E-state index in [0.29, 0.717) is 5.41 Å². The van der Waals surface area contributed by atoms with Gasteiger partial charge >= 0.3 is 5.97 Å². The van der Waals surface area contributed by atoms with E-state index in [9.17, 15) is 4.79 Å². The largest absolute Gasteiger partial charge is 0.480 e. The van der Waals surface area contributed by atoms with Crippen molar-refractivity contribution in [1.29, 1.82) is 0 Å². The van der Waals surface area contributed by atoms with Gasteiger partial charge in [0.25, 0.3) is 0 Å². The predicted octanol–water partition coefficient (Wildman–Crippen LogP) is 1.49. The maximum atomic E-state index is 10.8. The Morgan fingerprint density at radius 3 is 2.79 bits per heavy atom. The van der Waals surface area contributed by atoms with Crippen molar-refractivity contribution in [1.82, 2.24) is 5.32 Å². The number of nitrogens with one attached hydrogen (secondary N) is 1. The summed E-state index contributed by atoms with van der Waals surface area (Å²) in [6.45, 7) is 5.40. The first-order valence-corrected chi connectivity index (χ1v) is 5.50. The molecule has 3 atom stereocenters. The molecule has 1 saturated heterocycles. The highest BCUT2D eigenvalue weighted by Crippen LogP contribution is 2.60. The van der Waals surface area contributed by atoms with Gasteiger partial charge in [0.2, 0.25) is 0 Å². The molecule has 0 aromatic carbocycles. The maximum absolute atomic E-state index is 10.8. The van der Waals surface area contributed by atoms with E-state index >= 15 is 0 Å². The molecule has 1 unspecified atom stereocenters. The summed E-state index contributed by atoms with van der Waals surface area (Å²) in [6.07, 6.45) is 3.34. The number of hydrogen-bond donors (Lipinski definition) is 2. The lowest BCUT2D eigenvalue weighted by Crippen LogP contribution is -2.29. The highest BCUT2D eigenvalue weighted by molar-refractivity contribution is 5.74. The smallest absolute Gasteiger partial charge is 0.320 e. The SMILES string of the molecule is CC(C)CC1C[C@@]12CN[C@H](C(=O)O)C2. The molecule has 80 valence electrons. The summed E-state index contributed by atoms with van der Waals surface area (Å²) in [4.78, 5) is 10.8. The zero-order valence-corrected chi connectivity index (χ0v) is 8.92. The van der Waals surface area contributed by atoms with Gasteiger partial charge in [-0.3, -0.25) is 4.79 Å². The molecule has 1 aliphatic heterocycles. The second kappa shape index (κ2) is 3.23. The van der Waals surface area contributed by atoms with Gasteiger partial charge in [-0.25, -0.2) is 0 Å². The predicted molar refractivity (Wildman–Crippen MR) is 54.0 cm³/mol. The van der Waals surface area contributed by atoms with E-state index in [1.807, 2.05) is 0 Å². The zero-order valence-electron chi connectivity index (χ0n) is 8.92. The van der Waals surface area contributed by atoms with Crippen molar-refractivity contribution in [2.75, 3.05) is 6.54 Å². The van der Waals surface area contributed by atoms with Crippen molar-refractivity contribution >= 4 is 5.97 Å². The van der Waals surface area contributed by atoms with E-state index in [4.69, 9.17) is 5.11 Å². The van der Waals surface area contributed by atoms with Crippen LogP contribution in [0.1, 0.15) is 33.1 Å². The average molecular weight is 197 g/mol. The minimum Gasteiger partial charge on any atom is -0.480 e. The first-order chi connectivity index (χ1) is 6.53. The Hall–Kier alpha value is -0.570. The topological polar surface area (TPSA) is 49.3 Å². The van der Waals surface area contributed by atoms with Crippen LogP contribution in [0.5, 0.6) is 0 Å². The van der Waals surface area contributed by atoms with Crippen LogP contribution in [-0.4, -0.2) is 23.7 Å².